The maximum atomic E-state index is 13.3. The number of nitrogen functional groups attached to an aromatic ring is 1. The third kappa shape index (κ3) is 4.85. The summed E-state index contributed by atoms with van der Waals surface area (Å²) in [6.45, 7) is 1.87. The van der Waals surface area contributed by atoms with Crippen LogP contribution in [0.4, 0.5) is 5.82 Å². The van der Waals surface area contributed by atoms with Gasteiger partial charge < -0.3 is 34.9 Å². The number of aliphatic hydroxyl groups is 2. The lowest BCUT2D eigenvalue weighted by Crippen LogP contribution is -2.59. The van der Waals surface area contributed by atoms with Gasteiger partial charge in [0.25, 0.3) is 5.60 Å². The average molecular weight is 574 g/mol. The Bertz CT molecular complexity index is 1430. The van der Waals surface area contributed by atoms with Crippen molar-refractivity contribution in [3.8, 4) is 12.3 Å². The van der Waals surface area contributed by atoms with Crippen LogP contribution in [0.5, 0.6) is 0 Å². The summed E-state index contributed by atoms with van der Waals surface area (Å²) in [5.74, 6) is 0.105. The highest BCUT2D eigenvalue weighted by Gasteiger charge is 2.63. The number of fused-ring (bicyclic) bond motifs is 1. The number of esters is 2. The number of nitrogens with zero attached hydrogens (tertiary/aromatic N) is 4. The van der Waals surface area contributed by atoms with E-state index in [2.05, 4.69) is 20.9 Å². The minimum absolute atomic E-state index is 0.0182. The standard InChI is InChI=1S/C26H28ClN5O8/c1-4-25(35)17(39-14-26(25,36)32-15-29-18-19(28)30-23(27)31-20(18)32)13-40-24(21(33)37-5-2,22(34)38-6-3)12-16-10-8-7-9-11-16/h1,7-11,15,17,35-36H,5-6,12-14H2,2-3H3,(H2,28,30,31)/t17-,25-,26+/m1/s1. The van der Waals surface area contributed by atoms with Crippen LogP contribution in [-0.4, -0.2) is 85.4 Å². The van der Waals surface area contributed by atoms with E-state index in [0.717, 1.165) is 10.9 Å². The Labute approximate surface area is 234 Å². The number of aromatic nitrogens is 4. The fraction of sp³-hybridized carbons (Fsp3) is 0.423. The zero-order valence-corrected chi connectivity index (χ0v) is 22.5. The van der Waals surface area contributed by atoms with Crippen molar-refractivity contribution in [3.05, 3.63) is 47.5 Å². The quantitative estimate of drug-likeness (QED) is 0.133. The zero-order valence-electron chi connectivity index (χ0n) is 21.7. The van der Waals surface area contributed by atoms with Gasteiger partial charge in [-0.25, -0.2) is 14.6 Å². The first-order valence-corrected chi connectivity index (χ1v) is 12.7. The Morgan fingerprint density at radius 2 is 1.88 bits per heavy atom. The van der Waals surface area contributed by atoms with Crippen molar-refractivity contribution in [3.63, 3.8) is 0 Å². The van der Waals surface area contributed by atoms with Crippen molar-refractivity contribution in [1.82, 2.24) is 19.5 Å². The minimum Gasteiger partial charge on any atom is -0.463 e. The number of rotatable bonds is 10. The summed E-state index contributed by atoms with van der Waals surface area (Å²) in [7, 11) is 0. The van der Waals surface area contributed by atoms with Crippen LogP contribution in [0, 0.1) is 12.3 Å². The molecule has 40 heavy (non-hydrogen) atoms. The second-order valence-corrected chi connectivity index (χ2v) is 9.27. The predicted octanol–water partition coefficient (Wildman–Crippen LogP) is 0.594. The van der Waals surface area contributed by atoms with Crippen molar-refractivity contribution in [2.24, 2.45) is 0 Å². The second kappa shape index (κ2) is 11.4. The molecule has 1 aliphatic rings. The molecule has 212 valence electrons. The Hall–Kier alpha value is -3.80. The Kier molecular flexibility index (Phi) is 8.29. The van der Waals surface area contributed by atoms with E-state index in [4.69, 9.17) is 42.7 Å². The molecule has 1 saturated heterocycles. The Morgan fingerprint density at radius 1 is 1.23 bits per heavy atom. The molecule has 1 aromatic carbocycles. The molecule has 4 rings (SSSR count). The summed E-state index contributed by atoms with van der Waals surface area (Å²) < 4.78 is 23.1. The van der Waals surface area contributed by atoms with E-state index >= 15 is 0 Å². The van der Waals surface area contributed by atoms with Gasteiger partial charge >= 0.3 is 11.9 Å². The SMILES string of the molecule is C#C[C@@]1(O)[C@@H](COC(Cc2ccccc2)(C(=O)OCC)C(=O)OCC)OC[C@@]1(O)n1cnc2c(N)nc(Cl)nc21. The third-order valence-corrected chi connectivity index (χ3v) is 6.73. The number of benzene rings is 1. The highest BCUT2D eigenvalue weighted by molar-refractivity contribution is 6.28. The van der Waals surface area contributed by atoms with Crippen LogP contribution in [0.15, 0.2) is 36.7 Å². The van der Waals surface area contributed by atoms with Crippen LogP contribution in [0.3, 0.4) is 0 Å². The number of carbonyl (C=O) groups excluding carboxylic acids is 2. The van der Waals surface area contributed by atoms with E-state index in [1.807, 2.05) is 0 Å². The summed E-state index contributed by atoms with van der Waals surface area (Å²) in [5, 5.41) is 23.1. The first-order chi connectivity index (χ1) is 19.1. The minimum atomic E-state index is -2.48. The van der Waals surface area contributed by atoms with E-state index in [0.29, 0.717) is 5.56 Å². The predicted molar refractivity (Wildman–Crippen MR) is 141 cm³/mol. The molecule has 0 unspecified atom stereocenters. The molecule has 2 aromatic heterocycles. The van der Waals surface area contributed by atoms with Crippen LogP contribution in [0.25, 0.3) is 11.2 Å². The number of hydrogen-bond acceptors (Lipinski definition) is 12. The van der Waals surface area contributed by atoms with Gasteiger partial charge in [-0.1, -0.05) is 36.3 Å². The zero-order chi connectivity index (χ0) is 29.1. The van der Waals surface area contributed by atoms with Gasteiger partial charge in [0, 0.05) is 6.42 Å². The lowest BCUT2D eigenvalue weighted by molar-refractivity contribution is -0.199. The topological polar surface area (TPSA) is 181 Å². The number of anilines is 1. The molecule has 1 aliphatic heterocycles. The summed E-state index contributed by atoms with van der Waals surface area (Å²) in [6, 6.07) is 8.62. The number of hydrogen-bond donors (Lipinski definition) is 3. The molecule has 4 N–H and O–H groups in total. The lowest BCUT2D eigenvalue weighted by Gasteiger charge is -2.37. The van der Waals surface area contributed by atoms with Gasteiger partial charge in [-0.15, -0.1) is 6.42 Å². The summed E-state index contributed by atoms with van der Waals surface area (Å²) in [5.41, 5.74) is -0.574. The van der Waals surface area contributed by atoms with Crippen LogP contribution in [0.2, 0.25) is 5.28 Å². The fourth-order valence-corrected chi connectivity index (χ4v) is 4.66. The number of nitrogens with two attached hydrogens (primary N) is 1. The fourth-order valence-electron chi connectivity index (χ4n) is 4.49. The van der Waals surface area contributed by atoms with Gasteiger partial charge in [0.15, 0.2) is 11.5 Å². The number of carbonyl (C=O) groups is 2. The molecule has 13 nitrogen and oxygen atoms in total. The van der Waals surface area contributed by atoms with Gasteiger partial charge in [0.2, 0.25) is 16.6 Å². The normalized spacial score (nSPS) is 22.6. The first-order valence-electron chi connectivity index (χ1n) is 12.3. The molecule has 14 heteroatoms. The molecule has 1 fully saturated rings. The molecular weight excluding hydrogens is 546 g/mol. The molecular formula is C26H28ClN5O8. The Balaban J connectivity index is 1.71. The molecule has 3 atom stereocenters. The first kappa shape index (κ1) is 29.2. The molecule has 0 amide bonds. The van der Waals surface area contributed by atoms with Crippen LogP contribution >= 0.6 is 11.6 Å². The number of terminal acetylenes is 1. The van der Waals surface area contributed by atoms with E-state index in [-0.39, 0.29) is 41.9 Å². The van der Waals surface area contributed by atoms with Crippen molar-refractivity contribution < 1.29 is 38.7 Å². The molecule has 0 saturated carbocycles. The second-order valence-electron chi connectivity index (χ2n) is 8.93. The summed E-state index contributed by atoms with van der Waals surface area (Å²) in [4.78, 5) is 38.5. The third-order valence-electron chi connectivity index (χ3n) is 6.56. The maximum absolute atomic E-state index is 13.3. The molecule has 3 aromatic rings. The number of halogens is 1. The lowest BCUT2D eigenvalue weighted by atomic mass is 9.88. The van der Waals surface area contributed by atoms with Gasteiger partial charge in [-0.2, -0.15) is 9.97 Å². The summed E-state index contributed by atoms with van der Waals surface area (Å²) >= 11 is 5.95. The van der Waals surface area contributed by atoms with E-state index in [1.165, 1.54) is 0 Å². The maximum Gasteiger partial charge on any atom is 0.350 e. The van der Waals surface area contributed by atoms with Crippen molar-refractivity contribution in [2.45, 2.75) is 43.3 Å². The monoisotopic (exact) mass is 573 g/mol. The van der Waals surface area contributed by atoms with Crippen molar-refractivity contribution in [1.29, 1.82) is 0 Å². The van der Waals surface area contributed by atoms with Gasteiger partial charge in [0.1, 0.15) is 11.6 Å². The van der Waals surface area contributed by atoms with Gasteiger partial charge in [-0.3, -0.25) is 4.57 Å². The van der Waals surface area contributed by atoms with E-state index < -0.39 is 48.2 Å². The molecule has 0 radical (unpaired) electrons. The van der Waals surface area contributed by atoms with E-state index in [9.17, 15) is 19.8 Å². The van der Waals surface area contributed by atoms with Crippen LogP contribution in [0.1, 0.15) is 19.4 Å². The largest absolute Gasteiger partial charge is 0.463 e. The van der Waals surface area contributed by atoms with Crippen LogP contribution in [-0.2, 0) is 40.7 Å². The number of ether oxygens (including phenoxy) is 4. The molecule has 0 bridgehead atoms. The molecule has 0 aliphatic carbocycles. The van der Waals surface area contributed by atoms with Crippen molar-refractivity contribution >= 4 is 40.5 Å². The molecule has 3 heterocycles. The highest BCUT2D eigenvalue weighted by Crippen LogP contribution is 2.41. The Morgan fingerprint density at radius 3 is 2.48 bits per heavy atom. The number of imidazole rings is 1. The highest BCUT2D eigenvalue weighted by atomic mass is 35.5. The average Bonchev–Trinajstić information content (AvgIpc) is 3.47. The van der Waals surface area contributed by atoms with Crippen molar-refractivity contribution in [2.75, 3.05) is 32.2 Å². The smallest absolute Gasteiger partial charge is 0.350 e. The molecule has 0 spiro atoms. The summed E-state index contributed by atoms with van der Waals surface area (Å²) in [6.07, 6.45) is 5.17. The van der Waals surface area contributed by atoms with Gasteiger partial charge in [0.05, 0.1) is 32.8 Å². The van der Waals surface area contributed by atoms with E-state index in [1.54, 1.807) is 44.2 Å². The van der Waals surface area contributed by atoms with Gasteiger partial charge in [-0.05, 0) is 31.0 Å². The van der Waals surface area contributed by atoms with Crippen LogP contribution < -0.4 is 5.73 Å².